The van der Waals surface area contributed by atoms with E-state index in [1.807, 2.05) is 0 Å². The van der Waals surface area contributed by atoms with E-state index >= 15 is 0 Å². The number of halogens is 4. The first kappa shape index (κ1) is 23.2. The number of nitrogens with zero attached hydrogens (tertiary/aromatic N) is 4. The fourth-order valence-corrected chi connectivity index (χ4v) is 5.01. The number of hydrogen-bond donors (Lipinski definition) is 2. The summed E-state index contributed by atoms with van der Waals surface area (Å²) < 4.78 is 49.7. The van der Waals surface area contributed by atoms with Crippen LogP contribution in [-0.2, 0) is 7.05 Å². The summed E-state index contributed by atoms with van der Waals surface area (Å²) in [5.41, 5.74) is 0.896. The van der Waals surface area contributed by atoms with E-state index in [2.05, 4.69) is 20.6 Å². The summed E-state index contributed by atoms with van der Waals surface area (Å²) >= 11 is 6.33. The lowest BCUT2D eigenvalue weighted by molar-refractivity contribution is -0.0579. The average Bonchev–Trinajstić information content (AvgIpc) is 3.67. The third-order valence-corrected chi connectivity index (χ3v) is 7.46. The number of fused-ring (bicyclic) bond motifs is 3. The predicted molar refractivity (Wildman–Crippen MR) is 132 cm³/mol. The molecule has 3 aromatic rings. The van der Waals surface area contributed by atoms with Gasteiger partial charge in [0, 0.05) is 24.7 Å². The Morgan fingerprint density at radius 2 is 2.11 bits per heavy atom. The van der Waals surface area contributed by atoms with Gasteiger partial charge in [-0.25, -0.2) is 18.2 Å². The zero-order chi connectivity index (χ0) is 25.2. The number of ether oxygens (including phenoxy) is 1. The molecular weight excluding hydrogens is 497 g/mol. The Morgan fingerprint density at radius 3 is 2.81 bits per heavy atom. The van der Waals surface area contributed by atoms with Crippen LogP contribution in [0.25, 0.3) is 10.9 Å². The smallest absolute Gasteiger partial charge is 0.301 e. The summed E-state index contributed by atoms with van der Waals surface area (Å²) in [7, 11) is 1.57. The maximum atomic E-state index is 14.9. The SMILES string of the molecule is Cn1c(=O)c2c(c3cc(Nc4nc(N5CCC5CF)ncc4Cl)ccc31)N[C@@H](C1CC1)C(F)(F)CO2. The number of anilines is 4. The van der Waals surface area contributed by atoms with Gasteiger partial charge in [0.1, 0.15) is 11.7 Å². The fourth-order valence-electron chi connectivity index (χ4n) is 4.87. The predicted octanol–water partition coefficient (Wildman–Crippen LogP) is 4.49. The standard InChI is InChI=1S/C24H24ClF3N6O2/c1-33-17-5-4-13(30-21-16(25)10-29-23(32-21)34-7-6-14(34)9-26)8-15(17)18-19(22(33)35)36-11-24(27,28)20(31-18)12-2-3-12/h4-5,8,10,12,14,20,31H,2-3,6-7,9,11H2,1H3,(H,29,30,32)/t14?,20-/m0/s1. The first-order valence-corrected chi connectivity index (χ1v) is 12.2. The summed E-state index contributed by atoms with van der Waals surface area (Å²) in [4.78, 5) is 23.4. The van der Waals surface area contributed by atoms with Crippen molar-refractivity contribution in [3.05, 3.63) is 39.8 Å². The molecule has 1 unspecified atom stereocenters. The molecule has 2 aliphatic heterocycles. The number of aromatic nitrogens is 3. The summed E-state index contributed by atoms with van der Waals surface area (Å²) in [6.45, 7) is -0.688. The average molecular weight is 521 g/mol. The van der Waals surface area contributed by atoms with E-state index in [1.165, 1.54) is 10.8 Å². The molecule has 12 heteroatoms. The molecule has 0 radical (unpaired) electrons. The van der Waals surface area contributed by atoms with E-state index in [0.717, 1.165) is 6.42 Å². The normalized spacial score (nSPS) is 22.8. The lowest BCUT2D eigenvalue weighted by Crippen LogP contribution is -2.50. The van der Waals surface area contributed by atoms with Gasteiger partial charge in [0.2, 0.25) is 11.7 Å². The topological polar surface area (TPSA) is 84.3 Å². The van der Waals surface area contributed by atoms with Crippen LogP contribution in [0.1, 0.15) is 19.3 Å². The van der Waals surface area contributed by atoms with Crippen LogP contribution in [0.15, 0.2) is 29.2 Å². The Bertz CT molecular complexity index is 1410. The molecule has 4 heterocycles. The molecule has 0 bridgehead atoms. The van der Waals surface area contributed by atoms with Crippen LogP contribution < -0.4 is 25.8 Å². The van der Waals surface area contributed by atoms with Crippen LogP contribution in [0.3, 0.4) is 0 Å². The van der Waals surface area contributed by atoms with Crippen LogP contribution >= 0.6 is 11.6 Å². The largest absolute Gasteiger partial charge is 0.480 e. The minimum atomic E-state index is -3.12. The zero-order valence-electron chi connectivity index (χ0n) is 19.4. The molecule has 36 heavy (non-hydrogen) atoms. The molecule has 2 atom stereocenters. The second kappa shape index (κ2) is 8.43. The van der Waals surface area contributed by atoms with Crippen molar-refractivity contribution in [1.29, 1.82) is 0 Å². The number of alkyl halides is 3. The molecule has 2 N–H and O–H groups in total. The molecule has 2 aromatic heterocycles. The van der Waals surface area contributed by atoms with Crippen molar-refractivity contribution in [2.24, 2.45) is 13.0 Å². The Labute approximate surface area is 209 Å². The van der Waals surface area contributed by atoms with Gasteiger partial charge in [-0.05, 0) is 43.4 Å². The van der Waals surface area contributed by atoms with Crippen LogP contribution in [-0.4, -0.2) is 52.4 Å². The highest BCUT2D eigenvalue weighted by molar-refractivity contribution is 6.33. The molecule has 6 rings (SSSR count). The third-order valence-electron chi connectivity index (χ3n) is 7.18. The molecule has 1 saturated carbocycles. The molecule has 1 aliphatic carbocycles. The minimum Gasteiger partial charge on any atom is -0.480 e. The van der Waals surface area contributed by atoms with E-state index < -0.39 is 30.8 Å². The van der Waals surface area contributed by atoms with Gasteiger partial charge in [-0.3, -0.25) is 4.79 Å². The Morgan fingerprint density at radius 1 is 1.31 bits per heavy atom. The van der Waals surface area contributed by atoms with Crippen molar-refractivity contribution in [1.82, 2.24) is 14.5 Å². The number of nitrogens with one attached hydrogen (secondary N) is 2. The Balaban J connectivity index is 1.40. The highest BCUT2D eigenvalue weighted by Crippen LogP contribution is 2.45. The van der Waals surface area contributed by atoms with E-state index in [9.17, 15) is 18.0 Å². The van der Waals surface area contributed by atoms with Crippen molar-refractivity contribution in [2.45, 2.75) is 37.3 Å². The highest BCUT2D eigenvalue weighted by atomic mass is 35.5. The molecule has 1 saturated heterocycles. The quantitative estimate of drug-likeness (QED) is 0.513. The van der Waals surface area contributed by atoms with Crippen molar-refractivity contribution < 1.29 is 17.9 Å². The third kappa shape index (κ3) is 3.80. The molecule has 190 valence electrons. The van der Waals surface area contributed by atoms with Gasteiger partial charge in [-0.1, -0.05) is 11.6 Å². The number of hydrogen-bond acceptors (Lipinski definition) is 7. The second-order valence-electron chi connectivity index (χ2n) is 9.59. The summed E-state index contributed by atoms with van der Waals surface area (Å²) in [6, 6.07) is 3.83. The number of rotatable bonds is 5. The maximum Gasteiger partial charge on any atom is 0.301 e. The van der Waals surface area contributed by atoms with Gasteiger partial charge in [0.05, 0.1) is 29.5 Å². The maximum absolute atomic E-state index is 14.9. The first-order valence-electron chi connectivity index (χ1n) is 11.8. The van der Waals surface area contributed by atoms with Gasteiger partial charge in [-0.2, -0.15) is 4.98 Å². The molecule has 1 aromatic carbocycles. The first-order chi connectivity index (χ1) is 17.3. The molecule has 2 fully saturated rings. The molecule has 0 spiro atoms. The summed E-state index contributed by atoms with van der Waals surface area (Å²) in [6.07, 6.45) is 3.59. The van der Waals surface area contributed by atoms with E-state index in [0.29, 0.717) is 47.7 Å². The lowest BCUT2D eigenvalue weighted by atomic mass is 10.0. The van der Waals surface area contributed by atoms with Gasteiger partial charge >= 0.3 is 5.92 Å². The van der Waals surface area contributed by atoms with Crippen molar-refractivity contribution >= 4 is 45.6 Å². The molecule has 0 amide bonds. The van der Waals surface area contributed by atoms with Crippen LogP contribution in [0, 0.1) is 5.92 Å². The molecule has 3 aliphatic rings. The molecular formula is C24H24ClF3N6O2. The monoisotopic (exact) mass is 520 g/mol. The summed E-state index contributed by atoms with van der Waals surface area (Å²) in [5, 5.41) is 6.93. The number of pyridine rings is 1. The van der Waals surface area contributed by atoms with Crippen LogP contribution in [0.5, 0.6) is 5.75 Å². The van der Waals surface area contributed by atoms with Crippen molar-refractivity contribution in [3.8, 4) is 5.75 Å². The molecule has 8 nitrogen and oxygen atoms in total. The lowest BCUT2D eigenvalue weighted by Gasteiger charge is -2.39. The minimum absolute atomic E-state index is 0.123. The van der Waals surface area contributed by atoms with Crippen LogP contribution in [0.4, 0.5) is 36.3 Å². The van der Waals surface area contributed by atoms with Crippen molar-refractivity contribution in [2.75, 3.05) is 35.4 Å². The number of aryl methyl sites for hydroxylation is 1. The van der Waals surface area contributed by atoms with Crippen molar-refractivity contribution in [3.63, 3.8) is 0 Å². The van der Waals surface area contributed by atoms with E-state index in [1.54, 1.807) is 30.1 Å². The Hall–Kier alpha value is -3.21. The second-order valence-corrected chi connectivity index (χ2v) is 10.00. The summed E-state index contributed by atoms with van der Waals surface area (Å²) in [5.74, 6) is -2.72. The highest BCUT2D eigenvalue weighted by Gasteiger charge is 2.51. The number of benzene rings is 1. The van der Waals surface area contributed by atoms with Gasteiger partial charge in [0.15, 0.2) is 12.4 Å². The fraction of sp³-hybridized carbons (Fsp3) is 0.458. The van der Waals surface area contributed by atoms with Crippen LogP contribution in [0.2, 0.25) is 5.02 Å². The zero-order valence-corrected chi connectivity index (χ0v) is 20.2. The Kier molecular flexibility index (Phi) is 5.43. The van der Waals surface area contributed by atoms with Gasteiger partial charge < -0.3 is 24.8 Å². The van der Waals surface area contributed by atoms with E-state index in [4.69, 9.17) is 16.3 Å². The van der Waals surface area contributed by atoms with Gasteiger partial charge in [0.25, 0.3) is 5.56 Å². The van der Waals surface area contributed by atoms with E-state index in [-0.39, 0.29) is 28.4 Å². The van der Waals surface area contributed by atoms with Gasteiger partial charge in [-0.15, -0.1) is 0 Å².